The molecule has 0 atom stereocenters. The van der Waals surface area contributed by atoms with E-state index in [1.807, 2.05) is 12.1 Å². The quantitative estimate of drug-likeness (QED) is 0.288. The number of halogens is 1. The Morgan fingerprint density at radius 2 is 1.65 bits per heavy atom. The van der Waals surface area contributed by atoms with Crippen LogP contribution in [0.25, 0.3) is 0 Å². The van der Waals surface area contributed by atoms with E-state index in [1.54, 1.807) is 18.2 Å². The molecule has 2 aliphatic rings. The van der Waals surface area contributed by atoms with Gasteiger partial charge >= 0.3 is 0 Å². The summed E-state index contributed by atoms with van der Waals surface area (Å²) in [5.41, 5.74) is 5.85. The third-order valence-electron chi connectivity index (χ3n) is 8.64. The van der Waals surface area contributed by atoms with E-state index in [9.17, 15) is 12.8 Å². The summed E-state index contributed by atoms with van der Waals surface area (Å²) < 4.78 is 43.7. The van der Waals surface area contributed by atoms with Gasteiger partial charge in [0.15, 0.2) is 0 Å². The van der Waals surface area contributed by atoms with Crippen LogP contribution in [-0.2, 0) is 41.4 Å². The predicted molar refractivity (Wildman–Crippen MR) is 162 cm³/mol. The molecule has 0 radical (unpaired) electrons. The minimum absolute atomic E-state index is 0.000850. The molecule has 1 fully saturated rings. The van der Waals surface area contributed by atoms with E-state index in [0.29, 0.717) is 0 Å². The highest BCUT2D eigenvalue weighted by Crippen LogP contribution is 2.30. The van der Waals surface area contributed by atoms with Crippen LogP contribution < -0.4 is 4.72 Å². The third-order valence-corrected chi connectivity index (χ3v) is 10.00. The zero-order valence-electron chi connectivity index (χ0n) is 24.2. The Morgan fingerprint density at radius 3 is 2.35 bits per heavy atom. The number of rotatable bonds is 9. The minimum atomic E-state index is -3.89. The number of benzene rings is 3. The minimum Gasteiger partial charge on any atom is -0.294 e. The average molecular weight is 563 g/mol. The van der Waals surface area contributed by atoms with Gasteiger partial charge in [0.2, 0.25) is 0 Å². The maximum atomic E-state index is 14.9. The fourth-order valence-electron chi connectivity index (χ4n) is 6.15. The molecular formula is C34H43FN2O2S. The first kappa shape index (κ1) is 28.8. The Balaban J connectivity index is 1.19. The molecule has 1 heterocycles. The Labute approximate surface area is 240 Å². The molecule has 3 aromatic rings. The molecule has 0 unspecified atom stereocenters. The van der Waals surface area contributed by atoms with Gasteiger partial charge in [-0.05, 0) is 82.7 Å². The monoisotopic (exact) mass is 562 g/mol. The van der Waals surface area contributed by atoms with Crippen LogP contribution in [0.15, 0.2) is 65.6 Å². The summed E-state index contributed by atoms with van der Waals surface area (Å²) in [6.45, 7) is 9.17. The van der Waals surface area contributed by atoms with Gasteiger partial charge in [-0.15, -0.1) is 0 Å². The van der Waals surface area contributed by atoms with Crippen LogP contribution >= 0.6 is 0 Å². The number of hydrogen-bond acceptors (Lipinski definition) is 3. The van der Waals surface area contributed by atoms with Gasteiger partial charge in [0.25, 0.3) is 10.0 Å². The van der Waals surface area contributed by atoms with Gasteiger partial charge in [-0.25, -0.2) is 12.8 Å². The van der Waals surface area contributed by atoms with Crippen LogP contribution in [0.2, 0.25) is 0 Å². The largest absolute Gasteiger partial charge is 0.294 e. The Hall–Kier alpha value is -2.70. The lowest BCUT2D eigenvalue weighted by Crippen LogP contribution is -2.30. The summed E-state index contributed by atoms with van der Waals surface area (Å²) >= 11 is 0. The normalized spacial score (nSPS) is 16.7. The third kappa shape index (κ3) is 7.13. The van der Waals surface area contributed by atoms with Gasteiger partial charge in [0, 0.05) is 19.6 Å². The number of hydrogen-bond donors (Lipinski definition) is 1. The standard InChI is InChI=1S/C34H43FN2O2S/c1-34(2,3)30-15-11-27(12-16-30)23-37-20-19-28-22-31(17-14-29(28)24-37)40(38,39)36-33-18-13-26(21-32(33)35)10-6-9-25-7-4-5-8-25/h11-18,21-22,25,36H,4-10,19-20,23-24H2,1-3H3. The molecule has 0 aromatic heterocycles. The molecule has 3 aromatic carbocycles. The lowest BCUT2D eigenvalue weighted by molar-refractivity contribution is 0.245. The molecule has 1 aliphatic heterocycles. The Morgan fingerprint density at radius 1 is 0.925 bits per heavy atom. The molecule has 5 rings (SSSR count). The van der Waals surface area contributed by atoms with E-state index in [-0.39, 0.29) is 16.0 Å². The van der Waals surface area contributed by atoms with Crippen molar-refractivity contribution >= 4 is 15.7 Å². The SMILES string of the molecule is CC(C)(C)c1ccc(CN2CCc3cc(S(=O)(=O)Nc4ccc(CCCC5CCCC5)cc4F)ccc3C2)cc1. The Kier molecular flexibility index (Phi) is 8.67. The zero-order valence-corrected chi connectivity index (χ0v) is 25.0. The summed E-state index contributed by atoms with van der Waals surface area (Å²) in [5.74, 6) is 0.299. The first-order chi connectivity index (χ1) is 19.1. The molecule has 4 nitrogen and oxygen atoms in total. The van der Waals surface area contributed by atoms with Crippen molar-refractivity contribution in [3.63, 3.8) is 0 Å². The van der Waals surface area contributed by atoms with Crippen LogP contribution in [0.1, 0.15) is 87.1 Å². The molecule has 0 spiro atoms. The fourth-order valence-corrected chi connectivity index (χ4v) is 7.27. The molecule has 1 N–H and O–H groups in total. The van der Waals surface area contributed by atoms with Crippen molar-refractivity contribution in [3.8, 4) is 0 Å². The summed E-state index contributed by atoms with van der Waals surface area (Å²) in [6, 6.07) is 19.0. The van der Waals surface area contributed by atoms with Crippen LogP contribution in [0.4, 0.5) is 10.1 Å². The average Bonchev–Trinajstić information content (AvgIpc) is 3.43. The first-order valence-corrected chi connectivity index (χ1v) is 16.3. The van der Waals surface area contributed by atoms with Gasteiger partial charge in [-0.2, -0.15) is 0 Å². The van der Waals surface area contributed by atoms with Gasteiger partial charge in [-0.1, -0.05) is 89.3 Å². The van der Waals surface area contributed by atoms with Crippen molar-refractivity contribution < 1.29 is 12.8 Å². The van der Waals surface area contributed by atoms with Crippen LogP contribution in [0.3, 0.4) is 0 Å². The van der Waals surface area contributed by atoms with Crippen molar-refractivity contribution in [3.05, 3.63) is 94.3 Å². The first-order valence-electron chi connectivity index (χ1n) is 14.8. The molecule has 0 saturated heterocycles. The van der Waals surface area contributed by atoms with Crippen molar-refractivity contribution in [1.82, 2.24) is 4.90 Å². The van der Waals surface area contributed by atoms with E-state index in [2.05, 4.69) is 54.7 Å². The lowest BCUT2D eigenvalue weighted by atomic mass is 9.86. The molecule has 1 aliphatic carbocycles. The summed E-state index contributed by atoms with van der Waals surface area (Å²) in [6.07, 6.45) is 9.16. The molecule has 1 saturated carbocycles. The molecule has 0 amide bonds. The van der Waals surface area contributed by atoms with Gasteiger partial charge in [0.1, 0.15) is 5.82 Å². The number of aryl methyl sites for hydroxylation is 1. The van der Waals surface area contributed by atoms with Crippen LogP contribution in [0, 0.1) is 11.7 Å². The summed E-state index contributed by atoms with van der Waals surface area (Å²) in [5, 5.41) is 0. The van der Waals surface area contributed by atoms with Crippen molar-refractivity contribution in [2.24, 2.45) is 5.92 Å². The molecule has 214 valence electrons. The van der Waals surface area contributed by atoms with Crippen molar-refractivity contribution in [2.45, 2.75) is 95.5 Å². The van der Waals surface area contributed by atoms with E-state index < -0.39 is 15.8 Å². The second kappa shape index (κ2) is 12.0. The fraction of sp³-hybridized carbons (Fsp3) is 0.471. The highest BCUT2D eigenvalue weighted by molar-refractivity contribution is 7.92. The van der Waals surface area contributed by atoms with Gasteiger partial charge in [-0.3, -0.25) is 9.62 Å². The number of nitrogens with zero attached hydrogens (tertiary/aromatic N) is 1. The highest BCUT2D eigenvalue weighted by Gasteiger charge is 2.22. The zero-order chi connectivity index (χ0) is 28.3. The molecule has 0 bridgehead atoms. The lowest BCUT2D eigenvalue weighted by Gasteiger charge is -2.29. The van der Waals surface area contributed by atoms with Gasteiger partial charge < -0.3 is 0 Å². The molecule has 6 heteroatoms. The topological polar surface area (TPSA) is 49.4 Å². The van der Waals surface area contributed by atoms with Crippen LogP contribution in [0.5, 0.6) is 0 Å². The summed E-state index contributed by atoms with van der Waals surface area (Å²) in [4.78, 5) is 2.57. The van der Waals surface area contributed by atoms with Crippen molar-refractivity contribution in [2.75, 3.05) is 11.3 Å². The number of nitrogens with one attached hydrogen (secondary N) is 1. The summed E-state index contributed by atoms with van der Waals surface area (Å²) in [7, 11) is -3.89. The second-order valence-corrected chi connectivity index (χ2v) is 14.5. The number of fused-ring (bicyclic) bond motifs is 1. The molecular weight excluding hydrogens is 519 g/mol. The maximum Gasteiger partial charge on any atom is 0.261 e. The Bertz CT molecular complexity index is 1420. The van der Waals surface area contributed by atoms with E-state index in [1.165, 1.54) is 49.3 Å². The number of anilines is 1. The van der Waals surface area contributed by atoms with E-state index in [0.717, 1.165) is 61.5 Å². The van der Waals surface area contributed by atoms with Crippen LogP contribution in [-0.4, -0.2) is 19.9 Å². The van der Waals surface area contributed by atoms with Gasteiger partial charge in [0.05, 0.1) is 10.6 Å². The van der Waals surface area contributed by atoms with E-state index >= 15 is 0 Å². The number of sulfonamides is 1. The second-order valence-electron chi connectivity index (χ2n) is 12.8. The smallest absolute Gasteiger partial charge is 0.261 e. The predicted octanol–water partition coefficient (Wildman–Crippen LogP) is 8.00. The highest BCUT2D eigenvalue weighted by atomic mass is 32.2. The maximum absolute atomic E-state index is 14.9. The van der Waals surface area contributed by atoms with Crippen molar-refractivity contribution in [1.29, 1.82) is 0 Å². The van der Waals surface area contributed by atoms with E-state index in [4.69, 9.17) is 0 Å². The molecule has 40 heavy (non-hydrogen) atoms.